The Kier molecular flexibility index (Phi) is 2.95. The number of hydrogen-bond donors (Lipinski definition) is 2. The minimum atomic E-state index is -0.304. The highest BCUT2D eigenvalue weighted by Crippen LogP contribution is 2.32. The molecule has 2 N–H and O–H groups in total. The van der Waals surface area contributed by atoms with Gasteiger partial charge in [0.2, 0.25) is 0 Å². The van der Waals surface area contributed by atoms with Crippen LogP contribution < -0.4 is 10.6 Å². The van der Waals surface area contributed by atoms with Gasteiger partial charge >= 0.3 is 0 Å². The minimum Gasteiger partial charge on any atom is -0.370 e. The molecule has 90 valence electrons. The van der Waals surface area contributed by atoms with Crippen molar-refractivity contribution in [3.8, 4) is 0 Å². The van der Waals surface area contributed by atoms with E-state index in [1.54, 1.807) is 0 Å². The summed E-state index contributed by atoms with van der Waals surface area (Å²) in [7, 11) is 0. The van der Waals surface area contributed by atoms with E-state index in [1.807, 2.05) is 48.5 Å². The van der Waals surface area contributed by atoms with Crippen LogP contribution in [0.2, 0.25) is 0 Å². The van der Waals surface area contributed by atoms with Gasteiger partial charge in [0.05, 0.1) is 0 Å². The highest BCUT2D eigenvalue weighted by atomic mass is 127. The number of hydrogen-bond acceptors (Lipinski definition) is 2. The lowest BCUT2D eigenvalue weighted by molar-refractivity contribution is -0.116. The summed E-state index contributed by atoms with van der Waals surface area (Å²) in [5.74, 6) is -0.00486. The van der Waals surface area contributed by atoms with E-state index in [2.05, 4.69) is 33.2 Å². The molecule has 1 aliphatic rings. The molecule has 1 atom stereocenters. The Labute approximate surface area is 119 Å². The highest BCUT2D eigenvalue weighted by Gasteiger charge is 2.29. The summed E-state index contributed by atoms with van der Waals surface area (Å²) < 4.78 is 1.18. The van der Waals surface area contributed by atoms with Crippen molar-refractivity contribution in [2.45, 2.75) is 6.04 Å². The van der Waals surface area contributed by atoms with Crippen LogP contribution >= 0.6 is 22.6 Å². The molecule has 3 nitrogen and oxygen atoms in total. The first-order chi connectivity index (χ1) is 8.74. The number of halogens is 1. The number of para-hydroxylation sites is 1. The van der Waals surface area contributed by atoms with Gasteiger partial charge < -0.3 is 10.6 Å². The van der Waals surface area contributed by atoms with Gasteiger partial charge in [-0.25, -0.2) is 0 Å². The van der Waals surface area contributed by atoms with Crippen molar-refractivity contribution in [3.05, 3.63) is 57.7 Å². The van der Waals surface area contributed by atoms with Crippen LogP contribution in [0.25, 0.3) is 0 Å². The number of amides is 1. The van der Waals surface area contributed by atoms with Crippen LogP contribution in [0, 0.1) is 3.57 Å². The number of benzene rings is 2. The van der Waals surface area contributed by atoms with Crippen molar-refractivity contribution in [2.24, 2.45) is 0 Å². The zero-order valence-electron chi connectivity index (χ0n) is 9.48. The van der Waals surface area contributed by atoms with Gasteiger partial charge in [-0.15, -0.1) is 0 Å². The van der Waals surface area contributed by atoms with E-state index in [4.69, 9.17) is 0 Å². The summed E-state index contributed by atoms with van der Waals surface area (Å²) in [4.78, 5) is 11.9. The molecule has 4 heteroatoms. The second kappa shape index (κ2) is 4.61. The van der Waals surface area contributed by atoms with Gasteiger partial charge in [0.15, 0.2) is 0 Å². The maximum Gasteiger partial charge on any atom is 0.251 e. The van der Waals surface area contributed by atoms with Crippen molar-refractivity contribution < 1.29 is 4.79 Å². The molecule has 1 heterocycles. The number of fused-ring (bicyclic) bond motifs is 1. The first kappa shape index (κ1) is 11.5. The van der Waals surface area contributed by atoms with Gasteiger partial charge in [-0.3, -0.25) is 4.79 Å². The smallest absolute Gasteiger partial charge is 0.251 e. The van der Waals surface area contributed by atoms with Crippen molar-refractivity contribution in [2.75, 3.05) is 10.6 Å². The lowest BCUT2D eigenvalue weighted by Gasteiger charge is -2.12. The van der Waals surface area contributed by atoms with Gasteiger partial charge in [0.1, 0.15) is 6.04 Å². The quantitative estimate of drug-likeness (QED) is 0.816. The second-order valence-corrected chi connectivity index (χ2v) is 5.41. The zero-order valence-corrected chi connectivity index (χ0v) is 11.6. The van der Waals surface area contributed by atoms with E-state index in [1.165, 1.54) is 3.57 Å². The predicted octanol–water partition coefficient (Wildman–Crippen LogP) is 3.40. The Hall–Kier alpha value is -1.56. The molecule has 1 amide bonds. The van der Waals surface area contributed by atoms with Gasteiger partial charge in [0, 0.05) is 20.5 Å². The fraction of sp³-hybridized carbons (Fsp3) is 0.0714. The number of nitrogens with one attached hydrogen (secondary N) is 2. The SMILES string of the molecule is O=C1Nc2ccccc2C1Nc1ccc(I)cc1. The van der Waals surface area contributed by atoms with Gasteiger partial charge in [-0.05, 0) is 52.9 Å². The minimum absolute atomic E-state index is 0.00486. The van der Waals surface area contributed by atoms with Crippen molar-refractivity contribution in [1.82, 2.24) is 0 Å². The van der Waals surface area contributed by atoms with Crippen LogP contribution in [0.5, 0.6) is 0 Å². The summed E-state index contributed by atoms with van der Waals surface area (Å²) >= 11 is 2.26. The molecular formula is C14H11IN2O. The first-order valence-electron chi connectivity index (χ1n) is 5.66. The molecule has 0 bridgehead atoms. The second-order valence-electron chi connectivity index (χ2n) is 4.16. The summed E-state index contributed by atoms with van der Waals surface area (Å²) in [6, 6.07) is 15.4. The van der Waals surface area contributed by atoms with Gasteiger partial charge in [-0.1, -0.05) is 18.2 Å². The van der Waals surface area contributed by atoms with Crippen LogP contribution in [0.1, 0.15) is 11.6 Å². The highest BCUT2D eigenvalue weighted by molar-refractivity contribution is 14.1. The van der Waals surface area contributed by atoms with Crippen LogP contribution in [0.15, 0.2) is 48.5 Å². The van der Waals surface area contributed by atoms with Crippen molar-refractivity contribution in [3.63, 3.8) is 0 Å². The maximum atomic E-state index is 11.9. The van der Waals surface area contributed by atoms with Gasteiger partial charge in [0.25, 0.3) is 5.91 Å². The first-order valence-corrected chi connectivity index (χ1v) is 6.74. The molecule has 0 spiro atoms. The van der Waals surface area contributed by atoms with Crippen LogP contribution in [0.4, 0.5) is 11.4 Å². The molecule has 0 aliphatic carbocycles. The van der Waals surface area contributed by atoms with E-state index >= 15 is 0 Å². The summed E-state index contributed by atoms with van der Waals surface area (Å²) in [5, 5.41) is 6.13. The third-order valence-electron chi connectivity index (χ3n) is 2.95. The van der Waals surface area contributed by atoms with E-state index in [9.17, 15) is 4.79 Å². The van der Waals surface area contributed by atoms with Crippen molar-refractivity contribution in [1.29, 1.82) is 0 Å². The van der Waals surface area contributed by atoms with Gasteiger partial charge in [-0.2, -0.15) is 0 Å². The molecule has 1 unspecified atom stereocenters. The van der Waals surface area contributed by atoms with Crippen LogP contribution in [0.3, 0.4) is 0 Å². The molecule has 1 aliphatic heterocycles. The zero-order chi connectivity index (χ0) is 12.5. The Morgan fingerprint density at radius 1 is 1.06 bits per heavy atom. The summed E-state index contributed by atoms with van der Waals surface area (Å²) in [5.41, 5.74) is 2.85. The normalized spacial score (nSPS) is 17.2. The Morgan fingerprint density at radius 2 is 1.78 bits per heavy atom. The Bertz CT molecular complexity index is 595. The van der Waals surface area contributed by atoms with E-state index in [0.717, 1.165) is 16.9 Å². The molecule has 0 saturated carbocycles. The van der Waals surface area contributed by atoms with Crippen LogP contribution in [-0.2, 0) is 4.79 Å². The standard InChI is InChI=1S/C14H11IN2O/c15-9-5-7-10(8-6-9)16-13-11-3-1-2-4-12(11)17-14(13)18/h1-8,13,16H,(H,17,18). The summed E-state index contributed by atoms with van der Waals surface area (Å²) in [6.07, 6.45) is 0. The molecule has 2 aromatic carbocycles. The molecule has 0 saturated heterocycles. The molecule has 0 radical (unpaired) electrons. The van der Waals surface area contributed by atoms with E-state index in [0.29, 0.717) is 0 Å². The lowest BCUT2D eigenvalue weighted by Crippen LogP contribution is -2.19. The Morgan fingerprint density at radius 3 is 2.56 bits per heavy atom. The van der Waals surface area contributed by atoms with E-state index in [-0.39, 0.29) is 11.9 Å². The molecule has 3 rings (SSSR count). The number of carbonyl (C=O) groups is 1. The monoisotopic (exact) mass is 350 g/mol. The summed E-state index contributed by atoms with van der Waals surface area (Å²) in [6.45, 7) is 0. The molecular weight excluding hydrogens is 339 g/mol. The average Bonchev–Trinajstić information content (AvgIpc) is 2.69. The third-order valence-corrected chi connectivity index (χ3v) is 3.67. The molecule has 0 aromatic heterocycles. The fourth-order valence-corrected chi connectivity index (χ4v) is 2.42. The third kappa shape index (κ3) is 2.08. The number of carbonyl (C=O) groups excluding carboxylic acids is 1. The van der Waals surface area contributed by atoms with Crippen molar-refractivity contribution >= 4 is 39.9 Å². The number of rotatable bonds is 2. The van der Waals surface area contributed by atoms with E-state index < -0.39 is 0 Å². The maximum absolute atomic E-state index is 11.9. The number of anilines is 2. The molecule has 18 heavy (non-hydrogen) atoms. The topological polar surface area (TPSA) is 41.1 Å². The largest absolute Gasteiger partial charge is 0.370 e. The predicted molar refractivity (Wildman–Crippen MR) is 80.6 cm³/mol. The molecule has 2 aromatic rings. The Balaban J connectivity index is 1.89. The average molecular weight is 350 g/mol. The van der Waals surface area contributed by atoms with Crippen LogP contribution in [-0.4, -0.2) is 5.91 Å². The lowest BCUT2D eigenvalue weighted by atomic mass is 10.1. The fourth-order valence-electron chi connectivity index (χ4n) is 2.06. The molecule has 0 fully saturated rings.